The van der Waals surface area contributed by atoms with E-state index in [4.69, 9.17) is 5.10 Å². The number of anilines is 2. The zero-order valence-electron chi connectivity index (χ0n) is 23.8. The molecule has 0 fully saturated rings. The molecular formula is C32H38N8+2. The van der Waals surface area contributed by atoms with Crippen LogP contribution in [0.25, 0.3) is 11.0 Å². The van der Waals surface area contributed by atoms with Gasteiger partial charge in [0.1, 0.15) is 24.8 Å². The molecule has 0 spiro atoms. The van der Waals surface area contributed by atoms with Crippen molar-refractivity contribution in [1.29, 1.82) is 0 Å². The number of hydrogen-bond donors (Lipinski definition) is 0. The summed E-state index contributed by atoms with van der Waals surface area (Å²) in [5.41, 5.74) is 4.53. The number of rotatable bonds is 11. The van der Waals surface area contributed by atoms with Crippen molar-refractivity contribution < 1.29 is 9.13 Å². The Hall–Kier alpha value is -4.72. The van der Waals surface area contributed by atoms with E-state index in [1.165, 1.54) is 11.0 Å². The van der Waals surface area contributed by atoms with E-state index in [9.17, 15) is 0 Å². The number of aryl methyl sites for hydroxylation is 4. The van der Waals surface area contributed by atoms with E-state index in [0.717, 1.165) is 49.0 Å². The van der Waals surface area contributed by atoms with Crippen LogP contribution in [-0.2, 0) is 27.2 Å². The van der Waals surface area contributed by atoms with Gasteiger partial charge in [0.15, 0.2) is 11.0 Å². The number of aromatic nitrogens is 4. The molecule has 0 unspecified atom stereocenters. The van der Waals surface area contributed by atoms with Gasteiger partial charge in [0, 0.05) is 14.1 Å². The minimum absolute atomic E-state index is 0.908. The number of hydrogen-bond acceptors (Lipinski definition) is 4. The van der Waals surface area contributed by atoms with Crippen LogP contribution in [0.3, 0.4) is 0 Å². The van der Waals surface area contributed by atoms with Crippen molar-refractivity contribution in [2.45, 2.75) is 25.9 Å². The standard InChI is InChI=1S/C32H38N8/c1-35-23-24-39(31(35)25-33-37(3)27-15-7-5-8-16-27)21-13-14-22-40-30-20-12-11-19-29(30)36(2)32(40)26-34-38(4)28-17-9-6-10-18-28/h5-12,15-20,23-26H,13-14,21-22H2,1-4H3/q+2. The van der Waals surface area contributed by atoms with Crippen molar-refractivity contribution in [2.75, 3.05) is 24.1 Å². The molecule has 0 radical (unpaired) electrons. The number of nitrogens with zero attached hydrogens (tertiary/aromatic N) is 8. The molecule has 204 valence electrons. The Balaban J connectivity index is 1.28. The normalized spacial score (nSPS) is 11.7. The molecular weight excluding hydrogens is 496 g/mol. The Morgan fingerprint density at radius 3 is 1.90 bits per heavy atom. The van der Waals surface area contributed by atoms with Gasteiger partial charge < -0.3 is 0 Å². The molecule has 5 rings (SSSR count). The van der Waals surface area contributed by atoms with Crippen molar-refractivity contribution in [3.05, 3.63) is 109 Å². The Morgan fingerprint density at radius 1 is 0.700 bits per heavy atom. The van der Waals surface area contributed by atoms with E-state index in [-0.39, 0.29) is 0 Å². The van der Waals surface area contributed by atoms with Gasteiger partial charge in [-0.05, 0) is 49.2 Å². The highest BCUT2D eigenvalue weighted by Crippen LogP contribution is 2.16. The van der Waals surface area contributed by atoms with E-state index in [1.54, 1.807) is 0 Å². The third kappa shape index (κ3) is 5.96. The van der Waals surface area contributed by atoms with E-state index in [1.807, 2.05) is 72.9 Å². The molecule has 5 aromatic rings. The highest BCUT2D eigenvalue weighted by molar-refractivity contribution is 5.81. The molecule has 0 aliphatic rings. The molecule has 3 aromatic carbocycles. The zero-order chi connectivity index (χ0) is 27.9. The van der Waals surface area contributed by atoms with Gasteiger partial charge in [0.25, 0.3) is 0 Å². The van der Waals surface area contributed by atoms with E-state index in [2.05, 4.69) is 98.4 Å². The van der Waals surface area contributed by atoms with Crippen molar-refractivity contribution in [3.63, 3.8) is 0 Å². The lowest BCUT2D eigenvalue weighted by atomic mass is 10.2. The van der Waals surface area contributed by atoms with Gasteiger partial charge in [-0.1, -0.05) is 48.5 Å². The lowest BCUT2D eigenvalue weighted by molar-refractivity contribution is -0.671. The summed E-state index contributed by atoms with van der Waals surface area (Å²) in [6.45, 7) is 1.83. The van der Waals surface area contributed by atoms with Gasteiger partial charge in [0.05, 0.1) is 38.6 Å². The lowest BCUT2D eigenvalue weighted by Crippen LogP contribution is -2.33. The number of hydrazone groups is 2. The van der Waals surface area contributed by atoms with Crippen LogP contribution in [0.5, 0.6) is 0 Å². The smallest absolute Gasteiger partial charge is 0.268 e. The van der Waals surface area contributed by atoms with Gasteiger partial charge in [-0.2, -0.15) is 10.2 Å². The maximum atomic E-state index is 4.77. The first kappa shape index (κ1) is 26.9. The van der Waals surface area contributed by atoms with Gasteiger partial charge >= 0.3 is 11.6 Å². The summed E-state index contributed by atoms with van der Waals surface area (Å²) in [7, 11) is 8.12. The van der Waals surface area contributed by atoms with Gasteiger partial charge in [-0.15, -0.1) is 0 Å². The largest absolute Gasteiger partial charge is 0.302 e. The molecule has 40 heavy (non-hydrogen) atoms. The molecule has 0 aliphatic heterocycles. The van der Waals surface area contributed by atoms with E-state index in [0.29, 0.717) is 0 Å². The summed E-state index contributed by atoms with van der Waals surface area (Å²) in [6, 6.07) is 28.9. The van der Waals surface area contributed by atoms with Crippen LogP contribution >= 0.6 is 0 Å². The molecule has 2 heterocycles. The van der Waals surface area contributed by atoms with Crippen LogP contribution in [-0.4, -0.2) is 35.7 Å². The van der Waals surface area contributed by atoms with Gasteiger partial charge in [0.2, 0.25) is 0 Å². The maximum Gasteiger partial charge on any atom is 0.302 e. The van der Waals surface area contributed by atoms with Gasteiger partial charge in [-0.3, -0.25) is 10.0 Å². The summed E-state index contributed by atoms with van der Waals surface area (Å²) >= 11 is 0. The fraction of sp³-hybridized carbons (Fsp3) is 0.250. The monoisotopic (exact) mass is 534 g/mol. The topological polar surface area (TPSA) is 48.8 Å². The minimum Gasteiger partial charge on any atom is -0.268 e. The second-order valence-corrected chi connectivity index (χ2v) is 9.93. The first-order chi connectivity index (χ1) is 19.5. The number of benzene rings is 3. The molecule has 0 amide bonds. The fourth-order valence-corrected chi connectivity index (χ4v) is 4.93. The van der Waals surface area contributed by atoms with Crippen LogP contribution in [0.15, 0.2) is 108 Å². The summed E-state index contributed by atoms with van der Waals surface area (Å²) in [5.74, 6) is 2.14. The Kier molecular flexibility index (Phi) is 8.35. The second-order valence-electron chi connectivity index (χ2n) is 9.93. The number of unbranched alkanes of at least 4 members (excludes halogenated alkanes) is 1. The Bertz CT molecular complexity index is 1600. The van der Waals surface area contributed by atoms with Gasteiger partial charge in [-0.25, -0.2) is 18.3 Å². The van der Waals surface area contributed by atoms with Crippen LogP contribution in [0, 0.1) is 0 Å². The van der Waals surface area contributed by atoms with Crippen molar-refractivity contribution in [2.24, 2.45) is 24.3 Å². The third-order valence-corrected chi connectivity index (χ3v) is 7.26. The molecule has 8 heteroatoms. The number of imidazole rings is 2. The second kappa shape index (κ2) is 12.4. The van der Waals surface area contributed by atoms with Crippen LogP contribution in [0.4, 0.5) is 11.4 Å². The molecule has 0 saturated carbocycles. The van der Waals surface area contributed by atoms with Crippen LogP contribution < -0.4 is 19.2 Å². The maximum absolute atomic E-state index is 4.77. The average molecular weight is 535 g/mol. The van der Waals surface area contributed by atoms with Crippen molar-refractivity contribution >= 4 is 34.8 Å². The molecule has 0 bridgehead atoms. The minimum atomic E-state index is 0.908. The quantitative estimate of drug-likeness (QED) is 0.108. The first-order valence-electron chi connectivity index (χ1n) is 13.7. The van der Waals surface area contributed by atoms with Crippen molar-refractivity contribution in [1.82, 2.24) is 9.13 Å². The number of para-hydroxylation sites is 4. The van der Waals surface area contributed by atoms with Crippen LogP contribution in [0.2, 0.25) is 0 Å². The molecule has 0 saturated heterocycles. The molecule has 0 atom stereocenters. The lowest BCUT2D eigenvalue weighted by Gasteiger charge is -2.11. The average Bonchev–Trinajstić information content (AvgIpc) is 3.49. The van der Waals surface area contributed by atoms with Crippen molar-refractivity contribution in [3.8, 4) is 0 Å². The highest BCUT2D eigenvalue weighted by Gasteiger charge is 2.21. The molecule has 0 N–H and O–H groups in total. The first-order valence-corrected chi connectivity index (χ1v) is 13.7. The van der Waals surface area contributed by atoms with E-state index >= 15 is 0 Å². The fourth-order valence-electron chi connectivity index (χ4n) is 4.93. The van der Waals surface area contributed by atoms with Crippen LogP contribution in [0.1, 0.15) is 24.5 Å². The number of fused-ring (bicyclic) bond motifs is 1. The summed E-state index contributed by atoms with van der Waals surface area (Å²) in [4.78, 5) is 0. The predicted molar refractivity (Wildman–Crippen MR) is 163 cm³/mol. The third-order valence-electron chi connectivity index (χ3n) is 7.26. The zero-order valence-corrected chi connectivity index (χ0v) is 23.8. The highest BCUT2D eigenvalue weighted by atomic mass is 15.4. The SMILES string of the molecule is CN(/N=C/c1n(CCCCn2c(/C=N/N(C)c3ccccc3)[n+](C)c3ccccc32)cc[n+]1C)c1ccccc1. The molecule has 8 nitrogen and oxygen atoms in total. The molecule has 2 aromatic heterocycles. The summed E-state index contributed by atoms with van der Waals surface area (Å²) < 4.78 is 8.98. The Morgan fingerprint density at radius 2 is 1.25 bits per heavy atom. The Labute approximate surface area is 236 Å². The summed E-state index contributed by atoms with van der Waals surface area (Å²) in [6.07, 6.45) is 10.2. The summed E-state index contributed by atoms with van der Waals surface area (Å²) in [5, 5.41) is 13.3. The van der Waals surface area contributed by atoms with E-state index < -0.39 is 0 Å². The molecule has 0 aliphatic carbocycles. The predicted octanol–water partition coefficient (Wildman–Crippen LogP) is 4.51.